The molecule has 3 aromatic rings. The predicted molar refractivity (Wildman–Crippen MR) is 110 cm³/mol. The first-order valence-corrected chi connectivity index (χ1v) is 10.9. The van der Waals surface area contributed by atoms with E-state index in [2.05, 4.69) is 15.5 Å². The summed E-state index contributed by atoms with van der Waals surface area (Å²) in [4.78, 5) is 12.3. The summed E-state index contributed by atoms with van der Waals surface area (Å²) < 4.78 is 27.1. The summed E-state index contributed by atoms with van der Waals surface area (Å²) in [6.07, 6.45) is 0. The number of benzene rings is 2. The molecule has 0 unspecified atom stereocenters. The number of nitrogens with zero attached hydrogens (tertiary/aromatic N) is 3. The van der Waals surface area contributed by atoms with Gasteiger partial charge in [0.2, 0.25) is 5.13 Å². The number of sulfonamides is 1. The van der Waals surface area contributed by atoms with Crippen molar-refractivity contribution in [2.45, 2.75) is 25.1 Å². The van der Waals surface area contributed by atoms with Gasteiger partial charge in [0.15, 0.2) is 0 Å². The molecule has 28 heavy (non-hydrogen) atoms. The molecule has 7 nitrogen and oxygen atoms in total. The second-order valence-corrected chi connectivity index (χ2v) is 9.22. The first kappa shape index (κ1) is 20.0. The van der Waals surface area contributed by atoms with Crippen LogP contribution in [0.2, 0.25) is 0 Å². The number of anilines is 2. The Hall–Kier alpha value is -2.78. The van der Waals surface area contributed by atoms with Gasteiger partial charge in [-0.25, -0.2) is 0 Å². The largest absolute Gasteiger partial charge is 0.296 e. The van der Waals surface area contributed by atoms with E-state index in [-0.39, 0.29) is 21.9 Å². The topological polar surface area (TPSA) is 92.3 Å². The van der Waals surface area contributed by atoms with Gasteiger partial charge in [-0.3, -0.25) is 14.4 Å². The fourth-order valence-corrected chi connectivity index (χ4v) is 5.09. The van der Waals surface area contributed by atoms with E-state index in [1.807, 2.05) is 32.0 Å². The van der Waals surface area contributed by atoms with Gasteiger partial charge in [0.1, 0.15) is 0 Å². The van der Waals surface area contributed by atoms with E-state index in [0.29, 0.717) is 11.3 Å². The van der Waals surface area contributed by atoms with Crippen molar-refractivity contribution in [1.82, 2.24) is 10.2 Å². The molecule has 0 aliphatic heterocycles. The van der Waals surface area contributed by atoms with Crippen LogP contribution in [0.1, 0.15) is 28.4 Å². The third-order valence-electron chi connectivity index (χ3n) is 4.03. The maximum Gasteiger partial charge on any atom is 0.293 e. The first-order chi connectivity index (χ1) is 13.3. The molecule has 0 bridgehead atoms. The lowest BCUT2D eigenvalue weighted by Gasteiger charge is -2.21. The van der Waals surface area contributed by atoms with Crippen LogP contribution < -0.4 is 9.62 Å². The molecule has 9 heteroatoms. The molecule has 1 heterocycles. The quantitative estimate of drug-likeness (QED) is 0.620. The van der Waals surface area contributed by atoms with Crippen LogP contribution in [0.4, 0.5) is 10.8 Å². The van der Waals surface area contributed by atoms with E-state index in [1.165, 1.54) is 4.31 Å². The number of aromatic nitrogens is 2. The van der Waals surface area contributed by atoms with Crippen LogP contribution in [0.25, 0.3) is 0 Å². The first-order valence-electron chi connectivity index (χ1n) is 8.62. The van der Waals surface area contributed by atoms with E-state index < -0.39 is 10.0 Å². The van der Waals surface area contributed by atoms with Gasteiger partial charge >= 0.3 is 0 Å². The molecular formula is C19H20N4O3S2. The molecule has 2 aromatic carbocycles. The summed E-state index contributed by atoms with van der Waals surface area (Å²) in [6.45, 7) is 5.81. The van der Waals surface area contributed by atoms with Crippen LogP contribution in [0.5, 0.6) is 0 Å². The van der Waals surface area contributed by atoms with Crippen LogP contribution in [0.15, 0.2) is 52.9 Å². The van der Waals surface area contributed by atoms with Crippen LogP contribution in [0, 0.1) is 13.8 Å². The average molecular weight is 417 g/mol. The van der Waals surface area contributed by atoms with Crippen molar-refractivity contribution in [3.63, 3.8) is 0 Å². The molecule has 0 saturated carbocycles. The van der Waals surface area contributed by atoms with Crippen molar-refractivity contribution in [3.8, 4) is 0 Å². The molecule has 0 radical (unpaired) electrons. The fourth-order valence-electron chi connectivity index (χ4n) is 2.62. The lowest BCUT2D eigenvalue weighted by molar-refractivity contribution is 0.102. The monoisotopic (exact) mass is 416 g/mol. The number of amides is 1. The highest BCUT2D eigenvalue weighted by atomic mass is 32.2. The van der Waals surface area contributed by atoms with Crippen molar-refractivity contribution in [2.24, 2.45) is 0 Å². The molecular weight excluding hydrogens is 396 g/mol. The summed E-state index contributed by atoms with van der Waals surface area (Å²) in [6, 6.07) is 14.3. The van der Waals surface area contributed by atoms with Crippen LogP contribution in [0.3, 0.4) is 0 Å². The number of rotatable bonds is 6. The molecule has 0 aliphatic rings. The number of hydrogen-bond donors (Lipinski definition) is 1. The Bertz CT molecular complexity index is 1090. The molecule has 1 amide bonds. The lowest BCUT2D eigenvalue weighted by Crippen LogP contribution is -2.30. The van der Waals surface area contributed by atoms with Gasteiger partial charge in [-0.05, 0) is 45.0 Å². The minimum atomic E-state index is -3.88. The average Bonchev–Trinajstić information content (AvgIpc) is 3.13. The maximum absolute atomic E-state index is 13.0. The summed E-state index contributed by atoms with van der Waals surface area (Å²) in [7, 11) is -3.88. The lowest BCUT2D eigenvalue weighted by atomic mass is 10.1. The van der Waals surface area contributed by atoms with E-state index in [9.17, 15) is 13.2 Å². The van der Waals surface area contributed by atoms with Gasteiger partial charge in [-0.15, -0.1) is 10.2 Å². The minimum absolute atomic E-state index is 0.130. The standard InChI is InChI=1S/C19H20N4O3S2/c1-4-23(16-10-8-13(2)9-11-16)28(25,26)19-22-21-18(27-19)20-17(24)15-7-5-6-14(3)12-15/h5-12H,4H2,1-3H3,(H,20,21,24). The Morgan fingerprint density at radius 1 is 1.07 bits per heavy atom. The van der Waals surface area contributed by atoms with E-state index >= 15 is 0 Å². The second kappa shape index (κ2) is 8.07. The SMILES string of the molecule is CCN(c1ccc(C)cc1)S(=O)(=O)c1nnc(NC(=O)c2cccc(C)c2)s1. The predicted octanol–water partition coefficient (Wildman–Crippen LogP) is 3.62. The zero-order valence-corrected chi connectivity index (χ0v) is 17.3. The van der Waals surface area contributed by atoms with Crippen molar-refractivity contribution < 1.29 is 13.2 Å². The number of carbonyl (C=O) groups is 1. The third kappa shape index (κ3) is 4.20. The van der Waals surface area contributed by atoms with E-state index in [4.69, 9.17) is 0 Å². The molecule has 0 aliphatic carbocycles. The molecule has 0 saturated heterocycles. The summed E-state index contributed by atoms with van der Waals surface area (Å²) in [5.74, 6) is -0.366. The molecule has 0 spiro atoms. The van der Waals surface area contributed by atoms with Crippen molar-refractivity contribution in [1.29, 1.82) is 0 Å². The van der Waals surface area contributed by atoms with E-state index in [1.54, 1.807) is 37.3 Å². The summed E-state index contributed by atoms with van der Waals surface area (Å²) >= 11 is 0.825. The zero-order valence-electron chi connectivity index (χ0n) is 15.7. The molecule has 0 fully saturated rings. The molecule has 1 aromatic heterocycles. The number of aryl methyl sites for hydroxylation is 2. The maximum atomic E-state index is 13.0. The highest BCUT2D eigenvalue weighted by Gasteiger charge is 2.28. The van der Waals surface area contributed by atoms with Crippen LogP contribution in [-0.2, 0) is 10.0 Å². The van der Waals surface area contributed by atoms with Gasteiger partial charge in [0, 0.05) is 12.1 Å². The number of nitrogens with one attached hydrogen (secondary N) is 1. The highest BCUT2D eigenvalue weighted by molar-refractivity contribution is 7.94. The van der Waals surface area contributed by atoms with Gasteiger partial charge in [-0.1, -0.05) is 46.7 Å². The van der Waals surface area contributed by atoms with Gasteiger partial charge in [-0.2, -0.15) is 8.42 Å². The Morgan fingerprint density at radius 2 is 1.79 bits per heavy atom. The number of carbonyl (C=O) groups excluding carboxylic acids is 1. The number of hydrogen-bond acceptors (Lipinski definition) is 6. The van der Waals surface area contributed by atoms with Gasteiger partial charge < -0.3 is 0 Å². The highest BCUT2D eigenvalue weighted by Crippen LogP contribution is 2.27. The normalized spacial score (nSPS) is 11.2. The molecule has 0 atom stereocenters. The van der Waals surface area contributed by atoms with Gasteiger partial charge in [0.05, 0.1) is 5.69 Å². The smallest absolute Gasteiger partial charge is 0.293 e. The molecule has 146 valence electrons. The fraction of sp³-hybridized carbons (Fsp3) is 0.211. The van der Waals surface area contributed by atoms with Crippen molar-refractivity contribution >= 4 is 38.1 Å². The minimum Gasteiger partial charge on any atom is -0.296 e. The van der Waals surface area contributed by atoms with Gasteiger partial charge in [0.25, 0.3) is 20.3 Å². The van der Waals surface area contributed by atoms with Crippen LogP contribution in [-0.4, -0.2) is 31.1 Å². The Balaban J connectivity index is 1.83. The van der Waals surface area contributed by atoms with Crippen LogP contribution >= 0.6 is 11.3 Å². The Labute approximate surface area is 168 Å². The summed E-state index contributed by atoms with van der Waals surface area (Å²) in [5, 5.41) is 10.3. The van der Waals surface area contributed by atoms with Crippen molar-refractivity contribution in [2.75, 3.05) is 16.2 Å². The Morgan fingerprint density at radius 3 is 2.43 bits per heavy atom. The third-order valence-corrected chi connectivity index (χ3v) is 7.11. The molecule has 3 rings (SSSR count). The second-order valence-electron chi connectivity index (χ2n) is 6.20. The summed E-state index contributed by atoms with van der Waals surface area (Å²) in [5.41, 5.74) is 3.00. The van der Waals surface area contributed by atoms with Crippen molar-refractivity contribution in [3.05, 3.63) is 65.2 Å². The van der Waals surface area contributed by atoms with E-state index in [0.717, 1.165) is 22.5 Å². The zero-order chi connectivity index (χ0) is 20.3. The molecule has 1 N–H and O–H groups in total. The Kier molecular flexibility index (Phi) is 5.76.